The summed E-state index contributed by atoms with van der Waals surface area (Å²) in [5.41, 5.74) is 9.55. The summed E-state index contributed by atoms with van der Waals surface area (Å²) >= 11 is 0. The van der Waals surface area contributed by atoms with Gasteiger partial charge < -0.3 is 0 Å². The Balaban J connectivity index is 1.99. The molecule has 2 aromatic carbocycles. The molecule has 5 rings (SSSR count). The Morgan fingerprint density at radius 2 is 1.50 bits per heavy atom. The summed E-state index contributed by atoms with van der Waals surface area (Å²) in [5, 5.41) is 3.28. The smallest absolute Gasteiger partial charge is 0.00514 e. The molecule has 0 fully saturated rings. The molecule has 3 aliphatic rings. The molecule has 20 heavy (non-hydrogen) atoms. The molecule has 0 atom stereocenters. The molecule has 2 aromatic rings. The van der Waals surface area contributed by atoms with Crippen molar-refractivity contribution < 1.29 is 0 Å². The molecule has 3 aliphatic carbocycles. The lowest BCUT2D eigenvalue weighted by molar-refractivity contribution is 0.779. The van der Waals surface area contributed by atoms with E-state index >= 15 is 0 Å². The van der Waals surface area contributed by atoms with Crippen LogP contribution in [0.5, 0.6) is 0 Å². The SMILES string of the molecule is c1ccc2c(c1)CC1=c3c-2ccc2c3=C(CCC2)CC1. The molecule has 0 saturated carbocycles. The monoisotopic (exact) mass is 258 g/mol. The molecule has 0 aromatic heterocycles. The quantitative estimate of drug-likeness (QED) is 0.680. The number of hydrogen-bond donors (Lipinski definition) is 0. The molecular weight excluding hydrogens is 240 g/mol. The standard InChI is InChI=1S/C20H18/c1-2-7-17-15(4-1)12-16-9-8-13-5-3-6-14-10-11-18(17)20(16)19(13)14/h1-2,4,7,10-11H,3,5-6,8-9,12H2. The van der Waals surface area contributed by atoms with E-state index in [1.807, 2.05) is 0 Å². The van der Waals surface area contributed by atoms with Gasteiger partial charge in [0.05, 0.1) is 0 Å². The zero-order valence-electron chi connectivity index (χ0n) is 11.7. The van der Waals surface area contributed by atoms with Crippen LogP contribution in [0.25, 0.3) is 22.3 Å². The van der Waals surface area contributed by atoms with Crippen molar-refractivity contribution in [1.82, 2.24) is 0 Å². The van der Waals surface area contributed by atoms with E-state index in [-0.39, 0.29) is 0 Å². The van der Waals surface area contributed by atoms with E-state index in [9.17, 15) is 0 Å². The van der Waals surface area contributed by atoms with Gasteiger partial charge in [0.1, 0.15) is 0 Å². The van der Waals surface area contributed by atoms with Crippen LogP contribution in [-0.2, 0) is 12.8 Å². The zero-order valence-corrected chi connectivity index (χ0v) is 11.7. The second kappa shape index (κ2) is 3.85. The van der Waals surface area contributed by atoms with Crippen molar-refractivity contribution in [3.8, 4) is 11.1 Å². The molecule has 98 valence electrons. The second-order valence-corrected chi connectivity index (χ2v) is 6.42. The molecule has 0 bridgehead atoms. The molecule has 0 radical (unpaired) electrons. The average Bonchev–Trinajstić information content (AvgIpc) is 2.52. The topological polar surface area (TPSA) is 0 Å². The van der Waals surface area contributed by atoms with Crippen LogP contribution in [-0.4, -0.2) is 0 Å². The minimum Gasteiger partial charge on any atom is -0.0619 e. The predicted octanol–water partition coefficient (Wildman–Crippen LogP) is 3.34. The lowest BCUT2D eigenvalue weighted by Gasteiger charge is -2.28. The van der Waals surface area contributed by atoms with Crippen molar-refractivity contribution in [1.29, 1.82) is 0 Å². The van der Waals surface area contributed by atoms with E-state index in [1.165, 1.54) is 55.2 Å². The van der Waals surface area contributed by atoms with Gasteiger partial charge in [-0.15, -0.1) is 0 Å². The molecular formula is C20H18. The summed E-state index contributed by atoms with van der Waals surface area (Å²) in [4.78, 5) is 0. The van der Waals surface area contributed by atoms with Crippen molar-refractivity contribution in [3.63, 3.8) is 0 Å². The summed E-state index contributed by atoms with van der Waals surface area (Å²) in [6.07, 6.45) is 7.73. The summed E-state index contributed by atoms with van der Waals surface area (Å²) in [7, 11) is 0. The normalized spacial score (nSPS) is 18.6. The molecule has 0 nitrogen and oxygen atoms in total. The molecule has 0 saturated heterocycles. The first-order valence-electron chi connectivity index (χ1n) is 7.86. The average molecular weight is 258 g/mol. The number of fused-ring (bicyclic) bond motifs is 2. The highest BCUT2D eigenvalue weighted by molar-refractivity contribution is 5.79. The first-order chi connectivity index (χ1) is 9.92. The van der Waals surface area contributed by atoms with Crippen LogP contribution < -0.4 is 10.4 Å². The third-order valence-electron chi connectivity index (χ3n) is 5.36. The maximum Gasteiger partial charge on any atom is -0.00514 e. The highest BCUT2D eigenvalue weighted by atomic mass is 14.3. The van der Waals surface area contributed by atoms with Crippen LogP contribution in [0.3, 0.4) is 0 Å². The molecule has 0 amide bonds. The molecule has 0 aliphatic heterocycles. The maximum atomic E-state index is 2.40. The van der Waals surface area contributed by atoms with Gasteiger partial charge in [0.15, 0.2) is 0 Å². The van der Waals surface area contributed by atoms with Crippen LogP contribution in [0.4, 0.5) is 0 Å². The Hall–Kier alpha value is -1.82. The highest BCUT2D eigenvalue weighted by Gasteiger charge is 2.23. The molecule has 0 heterocycles. The molecule has 0 spiro atoms. The summed E-state index contributed by atoms with van der Waals surface area (Å²) in [6.45, 7) is 0. The fraction of sp³-hybridized carbons (Fsp3) is 0.300. The fourth-order valence-corrected chi connectivity index (χ4v) is 4.49. The lowest BCUT2D eigenvalue weighted by Crippen LogP contribution is -2.40. The van der Waals surface area contributed by atoms with Crippen LogP contribution >= 0.6 is 0 Å². The summed E-state index contributed by atoms with van der Waals surface area (Å²) in [6, 6.07) is 13.8. The van der Waals surface area contributed by atoms with Crippen LogP contribution in [0.2, 0.25) is 0 Å². The Morgan fingerprint density at radius 3 is 2.50 bits per heavy atom. The van der Waals surface area contributed by atoms with Gasteiger partial charge in [-0.05, 0) is 71.2 Å². The predicted molar refractivity (Wildman–Crippen MR) is 83.8 cm³/mol. The molecule has 0 N–H and O–H groups in total. The van der Waals surface area contributed by atoms with Gasteiger partial charge in [0, 0.05) is 0 Å². The molecule has 0 unspecified atom stereocenters. The van der Waals surface area contributed by atoms with Gasteiger partial charge in [-0.25, -0.2) is 0 Å². The van der Waals surface area contributed by atoms with E-state index in [2.05, 4.69) is 36.4 Å². The van der Waals surface area contributed by atoms with Gasteiger partial charge in [-0.2, -0.15) is 0 Å². The largest absolute Gasteiger partial charge is 0.0619 e. The first-order valence-corrected chi connectivity index (χ1v) is 7.86. The Labute approximate surface area is 119 Å². The van der Waals surface area contributed by atoms with E-state index in [4.69, 9.17) is 0 Å². The fourth-order valence-electron chi connectivity index (χ4n) is 4.49. The Kier molecular flexibility index (Phi) is 2.10. The van der Waals surface area contributed by atoms with E-state index in [1.54, 1.807) is 27.1 Å². The summed E-state index contributed by atoms with van der Waals surface area (Å²) in [5.74, 6) is 0. The van der Waals surface area contributed by atoms with Crippen LogP contribution in [0.1, 0.15) is 36.8 Å². The third kappa shape index (κ3) is 1.32. The van der Waals surface area contributed by atoms with Gasteiger partial charge in [-0.3, -0.25) is 0 Å². The van der Waals surface area contributed by atoms with Crippen molar-refractivity contribution in [2.45, 2.75) is 38.5 Å². The number of aryl methyl sites for hydroxylation is 1. The van der Waals surface area contributed by atoms with Crippen molar-refractivity contribution in [2.75, 3.05) is 0 Å². The third-order valence-corrected chi connectivity index (χ3v) is 5.36. The van der Waals surface area contributed by atoms with Gasteiger partial charge in [0.25, 0.3) is 0 Å². The van der Waals surface area contributed by atoms with Crippen LogP contribution in [0.15, 0.2) is 36.4 Å². The lowest BCUT2D eigenvalue weighted by atomic mass is 9.76. The van der Waals surface area contributed by atoms with Crippen molar-refractivity contribution in [3.05, 3.63) is 58.0 Å². The second-order valence-electron chi connectivity index (χ2n) is 6.42. The van der Waals surface area contributed by atoms with E-state index < -0.39 is 0 Å². The number of benzene rings is 2. The number of rotatable bonds is 0. The van der Waals surface area contributed by atoms with Crippen LogP contribution in [0, 0.1) is 0 Å². The first kappa shape index (κ1) is 10.9. The maximum absolute atomic E-state index is 2.40. The minimum atomic E-state index is 1.17. The highest BCUT2D eigenvalue weighted by Crippen LogP contribution is 2.33. The Bertz CT molecular complexity index is 852. The van der Waals surface area contributed by atoms with Gasteiger partial charge >= 0.3 is 0 Å². The zero-order chi connectivity index (χ0) is 13.1. The number of hydrogen-bond acceptors (Lipinski definition) is 0. The van der Waals surface area contributed by atoms with Gasteiger partial charge in [-0.1, -0.05) is 47.5 Å². The van der Waals surface area contributed by atoms with Crippen molar-refractivity contribution in [2.24, 2.45) is 0 Å². The van der Waals surface area contributed by atoms with E-state index in [0.717, 1.165) is 0 Å². The van der Waals surface area contributed by atoms with E-state index in [0.29, 0.717) is 0 Å². The summed E-state index contributed by atoms with van der Waals surface area (Å²) < 4.78 is 0. The minimum absolute atomic E-state index is 1.17. The molecule has 0 heteroatoms. The van der Waals surface area contributed by atoms with Crippen molar-refractivity contribution >= 4 is 11.1 Å². The Morgan fingerprint density at radius 1 is 0.600 bits per heavy atom. The van der Waals surface area contributed by atoms with Gasteiger partial charge in [0.2, 0.25) is 0 Å².